The normalized spacial score (nSPS) is 11.8. The topological polar surface area (TPSA) is 128 Å². The summed E-state index contributed by atoms with van der Waals surface area (Å²) in [7, 11) is 0. The van der Waals surface area contributed by atoms with Crippen LogP contribution in [0.4, 0.5) is 11.4 Å². The van der Waals surface area contributed by atoms with E-state index in [1.165, 1.54) is 17.8 Å². The average Bonchev–Trinajstić information content (AvgIpc) is 2.73. The molecule has 0 aliphatic heterocycles. The average molecular weight is 424 g/mol. The Morgan fingerprint density at radius 3 is 2.70 bits per heavy atom. The number of carbonyl (C=O) groups is 2. The van der Waals surface area contributed by atoms with Crippen LogP contribution in [0.1, 0.15) is 31.7 Å². The highest BCUT2D eigenvalue weighted by atomic mass is 32.2. The number of anilines is 1. The molecule has 0 fully saturated rings. The van der Waals surface area contributed by atoms with Crippen LogP contribution in [-0.2, 0) is 9.59 Å². The fourth-order valence-corrected chi connectivity index (χ4v) is 4.07. The molecule has 2 aromatic carbocycles. The first-order valence-corrected chi connectivity index (χ1v) is 10.1. The second-order valence-electron chi connectivity index (χ2n) is 6.65. The Balaban J connectivity index is 2.17. The van der Waals surface area contributed by atoms with Crippen LogP contribution in [0.15, 0.2) is 58.6 Å². The number of nitrogens with two attached hydrogens (primary N) is 1. The van der Waals surface area contributed by atoms with Gasteiger partial charge in [-0.2, -0.15) is 0 Å². The maximum absolute atomic E-state index is 11.9. The molecule has 3 rings (SSSR count). The van der Waals surface area contributed by atoms with Crippen molar-refractivity contribution >= 4 is 45.7 Å². The number of hydrogen-bond acceptors (Lipinski definition) is 6. The number of carbonyl (C=O) groups excluding carboxylic acids is 2. The third-order valence-corrected chi connectivity index (χ3v) is 5.80. The van der Waals surface area contributed by atoms with Crippen LogP contribution in [-0.4, -0.2) is 21.7 Å². The molecule has 1 heterocycles. The summed E-state index contributed by atoms with van der Waals surface area (Å²) in [5.74, 6) is -1.65. The standard InChI is InChI=1S/C21H20N4O4S/c1-3-20(26)24-16-10-17(25(28)29)19(9-15(16)12(2)21(22)27)30-18-6-4-5-13-11-23-8-7-14(13)18/h4-12H,3H2,1-2H3,(H2,22,27)(H,24,26). The summed E-state index contributed by atoms with van der Waals surface area (Å²) >= 11 is 1.21. The van der Waals surface area contributed by atoms with Gasteiger partial charge in [-0.15, -0.1) is 0 Å². The van der Waals surface area contributed by atoms with Gasteiger partial charge < -0.3 is 11.1 Å². The molecule has 30 heavy (non-hydrogen) atoms. The van der Waals surface area contributed by atoms with Crippen molar-refractivity contribution in [2.75, 3.05) is 5.32 Å². The molecular formula is C21H20N4O4S. The molecule has 0 radical (unpaired) electrons. The zero-order chi connectivity index (χ0) is 21.8. The van der Waals surface area contributed by atoms with E-state index in [9.17, 15) is 19.7 Å². The number of amides is 2. The van der Waals surface area contributed by atoms with E-state index in [-0.39, 0.29) is 23.7 Å². The van der Waals surface area contributed by atoms with Crippen molar-refractivity contribution in [1.29, 1.82) is 0 Å². The van der Waals surface area contributed by atoms with Crippen molar-refractivity contribution in [1.82, 2.24) is 4.98 Å². The van der Waals surface area contributed by atoms with Gasteiger partial charge in [-0.3, -0.25) is 24.7 Å². The minimum atomic E-state index is -0.742. The monoisotopic (exact) mass is 424 g/mol. The fraction of sp³-hybridized carbons (Fsp3) is 0.190. The first-order valence-electron chi connectivity index (χ1n) is 9.24. The van der Waals surface area contributed by atoms with E-state index in [1.54, 1.807) is 32.3 Å². The van der Waals surface area contributed by atoms with E-state index in [0.29, 0.717) is 10.5 Å². The summed E-state index contributed by atoms with van der Waals surface area (Å²) in [5, 5.41) is 16.2. The number of pyridine rings is 1. The Labute approximate surface area is 177 Å². The molecule has 154 valence electrons. The summed E-state index contributed by atoms with van der Waals surface area (Å²) < 4.78 is 0. The zero-order valence-corrected chi connectivity index (χ0v) is 17.2. The Kier molecular flexibility index (Phi) is 6.31. The summed E-state index contributed by atoms with van der Waals surface area (Å²) in [4.78, 5) is 40.3. The van der Waals surface area contributed by atoms with Gasteiger partial charge in [0.15, 0.2) is 0 Å². The van der Waals surface area contributed by atoms with Gasteiger partial charge in [0.1, 0.15) is 0 Å². The molecule has 0 aliphatic rings. The number of benzene rings is 2. The lowest BCUT2D eigenvalue weighted by atomic mass is 9.98. The number of rotatable bonds is 7. The number of hydrogen-bond donors (Lipinski definition) is 2. The smallest absolute Gasteiger partial charge is 0.285 e. The molecule has 3 aromatic rings. The number of nitrogens with zero attached hydrogens (tertiary/aromatic N) is 2. The number of nitro benzene ring substituents is 1. The highest BCUT2D eigenvalue weighted by Crippen LogP contribution is 2.42. The van der Waals surface area contributed by atoms with Gasteiger partial charge in [-0.05, 0) is 36.1 Å². The van der Waals surface area contributed by atoms with E-state index in [0.717, 1.165) is 15.7 Å². The van der Waals surface area contributed by atoms with Gasteiger partial charge in [-0.25, -0.2) is 0 Å². The van der Waals surface area contributed by atoms with Gasteiger partial charge in [0.2, 0.25) is 11.8 Å². The Morgan fingerprint density at radius 1 is 1.27 bits per heavy atom. The fourth-order valence-electron chi connectivity index (χ4n) is 2.97. The Morgan fingerprint density at radius 2 is 2.03 bits per heavy atom. The maximum atomic E-state index is 11.9. The third kappa shape index (κ3) is 4.41. The van der Waals surface area contributed by atoms with Gasteiger partial charge >= 0.3 is 0 Å². The van der Waals surface area contributed by atoms with Crippen LogP contribution in [0.2, 0.25) is 0 Å². The second kappa shape index (κ2) is 8.91. The van der Waals surface area contributed by atoms with Gasteiger partial charge in [0.05, 0.1) is 21.4 Å². The number of nitro groups is 1. The van der Waals surface area contributed by atoms with Crippen molar-refractivity contribution in [2.24, 2.45) is 5.73 Å². The Hall–Kier alpha value is -3.46. The lowest BCUT2D eigenvalue weighted by Crippen LogP contribution is -2.21. The SMILES string of the molecule is CCC(=O)Nc1cc([N+](=O)[O-])c(Sc2cccc3cnccc23)cc1C(C)C(N)=O. The molecule has 2 amide bonds. The highest BCUT2D eigenvalue weighted by molar-refractivity contribution is 7.99. The second-order valence-corrected chi connectivity index (χ2v) is 7.73. The number of fused-ring (bicyclic) bond motifs is 1. The van der Waals surface area contributed by atoms with Crippen LogP contribution in [0, 0.1) is 10.1 Å². The number of nitrogens with one attached hydrogen (secondary N) is 1. The van der Waals surface area contributed by atoms with Crippen molar-refractivity contribution < 1.29 is 14.5 Å². The number of primary amides is 1. The molecule has 9 heteroatoms. The maximum Gasteiger partial charge on any atom is 0.285 e. The molecule has 0 bridgehead atoms. The van der Waals surface area contributed by atoms with Crippen molar-refractivity contribution in [3.05, 3.63) is 64.5 Å². The van der Waals surface area contributed by atoms with E-state index >= 15 is 0 Å². The summed E-state index contributed by atoms with van der Waals surface area (Å²) in [6, 6.07) is 10.3. The van der Waals surface area contributed by atoms with Gasteiger partial charge in [0, 0.05) is 35.2 Å². The van der Waals surface area contributed by atoms with Crippen LogP contribution in [0.3, 0.4) is 0 Å². The molecule has 1 unspecified atom stereocenters. The van der Waals surface area contributed by atoms with Crippen molar-refractivity contribution in [3.8, 4) is 0 Å². The quantitative estimate of drug-likeness (QED) is 0.431. The lowest BCUT2D eigenvalue weighted by Gasteiger charge is -2.17. The van der Waals surface area contributed by atoms with Crippen LogP contribution >= 0.6 is 11.8 Å². The van der Waals surface area contributed by atoms with Gasteiger partial charge in [0.25, 0.3) is 5.69 Å². The molecular weight excluding hydrogens is 404 g/mol. The van der Waals surface area contributed by atoms with E-state index in [2.05, 4.69) is 10.3 Å². The largest absolute Gasteiger partial charge is 0.369 e. The molecule has 0 aliphatic carbocycles. The van der Waals surface area contributed by atoms with Crippen LogP contribution in [0.25, 0.3) is 10.8 Å². The Bertz CT molecular complexity index is 1140. The van der Waals surface area contributed by atoms with Crippen LogP contribution in [0.5, 0.6) is 0 Å². The van der Waals surface area contributed by atoms with Crippen molar-refractivity contribution in [2.45, 2.75) is 36.0 Å². The predicted molar refractivity (Wildman–Crippen MR) is 115 cm³/mol. The van der Waals surface area contributed by atoms with Gasteiger partial charge in [-0.1, -0.05) is 30.8 Å². The molecule has 3 N–H and O–H groups in total. The molecule has 8 nitrogen and oxygen atoms in total. The van der Waals surface area contributed by atoms with Crippen LogP contribution < -0.4 is 11.1 Å². The van der Waals surface area contributed by atoms with E-state index in [4.69, 9.17) is 5.73 Å². The highest BCUT2D eigenvalue weighted by Gasteiger charge is 2.25. The summed E-state index contributed by atoms with van der Waals surface area (Å²) in [6.07, 6.45) is 3.57. The first-order chi connectivity index (χ1) is 14.3. The summed E-state index contributed by atoms with van der Waals surface area (Å²) in [5.41, 5.74) is 5.95. The minimum absolute atomic E-state index is 0.169. The lowest BCUT2D eigenvalue weighted by molar-refractivity contribution is -0.387. The summed E-state index contributed by atoms with van der Waals surface area (Å²) in [6.45, 7) is 3.27. The van der Waals surface area contributed by atoms with Crippen molar-refractivity contribution in [3.63, 3.8) is 0 Å². The molecule has 1 aromatic heterocycles. The molecule has 1 atom stereocenters. The number of aromatic nitrogens is 1. The van der Waals surface area contributed by atoms with E-state index < -0.39 is 16.7 Å². The third-order valence-electron chi connectivity index (χ3n) is 4.68. The first kappa shape index (κ1) is 21.3. The minimum Gasteiger partial charge on any atom is -0.369 e. The molecule has 0 saturated carbocycles. The predicted octanol–water partition coefficient (Wildman–Crippen LogP) is 4.23. The van der Waals surface area contributed by atoms with E-state index in [1.807, 2.05) is 24.3 Å². The zero-order valence-electron chi connectivity index (χ0n) is 16.4. The molecule has 0 saturated heterocycles. The molecule has 0 spiro atoms.